The van der Waals surface area contributed by atoms with E-state index in [-0.39, 0.29) is 17.7 Å². The lowest BCUT2D eigenvalue weighted by Crippen LogP contribution is -2.23. The van der Waals surface area contributed by atoms with Gasteiger partial charge in [0, 0.05) is 23.7 Å². The summed E-state index contributed by atoms with van der Waals surface area (Å²) in [5, 5.41) is 5.71. The minimum atomic E-state index is -0.181. The number of amides is 2. The van der Waals surface area contributed by atoms with Crippen molar-refractivity contribution in [3.8, 4) is 11.5 Å². The van der Waals surface area contributed by atoms with Gasteiger partial charge in [-0.05, 0) is 35.9 Å². The number of hydrogen-bond donors (Lipinski definition) is 2. The van der Waals surface area contributed by atoms with Gasteiger partial charge >= 0.3 is 0 Å². The average molecular weight is 354 g/mol. The molecule has 0 aliphatic carbocycles. The Morgan fingerprint density at radius 3 is 2.38 bits per heavy atom. The lowest BCUT2D eigenvalue weighted by Gasteiger charge is -2.18. The highest BCUT2D eigenvalue weighted by atomic mass is 16.6. The maximum absolute atomic E-state index is 12.3. The standard InChI is InChI=1S/C20H22N2O4/c1-13(2)19(23)22-16-6-3-14(4-7-16)12-21-20(24)15-5-8-17-18(11-15)26-10-9-25-17/h3-8,11,13H,9-10,12H2,1-2H3,(H,21,24)(H,22,23). The normalized spacial score (nSPS) is 12.6. The van der Waals surface area contributed by atoms with Crippen LogP contribution in [-0.2, 0) is 11.3 Å². The Morgan fingerprint density at radius 2 is 1.69 bits per heavy atom. The first-order valence-electron chi connectivity index (χ1n) is 8.60. The van der Waals surface area contributed by atoms with Crippen molar-refractivity contribution in [1.82, 2.24) is 5.32 Å². The fraction of sp³-hybridized carbons (Fsp3) is 0.300. The minimum Gasteiger partial charge on any atom is -0.486 e. The molecule has 0 spiro atoms. The van der Waals surface area contributed by atoms with Crippen LogP contribution in [0.4, 0.5) is 5.69 Å². The predicted molar refractivity (Wildman–Crippen MR) is 98.5 cm³/mol. The maximum Gasteiger partial charge on any atom is 0.251 e. The Labute approximate surface area is 152 Å². The Morgan fingerprint density at radius 1 is 1.00 bits per heavy atom. The van der Waals surface area contributed by atoms with E-state index in [1.807, 2.05) is 38.1 Å². The zero-order chi connectivity index (χ0) is 18.5. The third kappa shape index (κ3) is 4.33. The third-order valence-electron chi connectivity index (χ3n) is 4.00. The molecule has 2 aromatic carbocycles. The number of carbonyl (C=O) groups is 2. The number of anilines is 1. The van der Waals surface area contributed by atoms with Crippen LogP contribution in [-0.4, -0.2) is 25.0 Å². The van der Waals surface area contributed by atoms with E-state index in [1.165, 1.54) is 0 Å². The van der Waals surface area contributed by atoms with E-state index in [1.54, 1.807) is 18.2 Å². The molecule has 0 radical (unpaired) electrons. The Balaban J connectivity index is 1.57. The Kier molecular flexibility index (Phi) is 5.41. The van der Waals surface area contributed by atoms with Crippen LogP contribution >= 0.6 is 0 Å². The molecule has 2 aromatic rings. The quantitative estimate of drug-likeness (QED) is 0.865. The first-order chi connectivity index (χ1) is 12.5. The van der Waals surface area contributed by atoms with Crippen molar-refractivity contribution in [2.24, 2.45) is 5.92 Å². The molecular weight excluding hydrogens is 332 g/mol. The van der Waals surface area contributed by atoms with Gasteiger partial charge in [-0.25, -0.2) is 0 Å². The van der Waals surface area contributed by atoms with Crippen molar-refractivity contribution in [3.63, 3.8) is 0 Å². The summed E-state index contributed by atoms with van der Waals surface area (Å²) in [4.78, 5) is 24.0. The van der Waals surface area contributed by atoms with Gasteiger partial charge in [-0.2, -0.15) is 0 Å². The van der Waals surface area contributed by atoms with E-state index in [0.717, 1.165) is 11.3 Å². The molecule has 1 aliphatic rings. The first kappa shape index (κ1) is 17.8. The van der Waals surface area contributed by atoms with Crippen LogP contribution in [0.15, 0.2) is 42.5 Å². The summed E-state index contributed by atoms with van der Waals surface area (Å²) in [5.74, 6) is 0.977. The van der Waals surface area contributed by atoms with Gasteiger partial charge in [0.2, 0.25) is 5.91 Å². The van der Waals surface area contributed by atoms with E-state index in [9.17, 15) is 9.59 Å². The van der Waals surface area contributed by atoms with Crippen LogP contribution in [0.3, 0.4) is 0 Å². The number of carbonyl (C=O) groups excluding carboxylic acids is 2. The topological polar surface area (TPSA) is 76.7 Å². The van der Waals surface area contributed by atoms with E-state index in [4.69, 9.17) is 9.47 Å². The highest BCUT2D eigenvalue weighted by molar-refractivity contribution is 5.95. The number of nitrogens with one attached hydrogen (secondary N) is 2. The lowest BCUT2D eigenvalue weighted by molar-refractivity contribution is -0.118. The second-order valence-electron chi connectivity index (χ2n) is 6.38. The van der Waals surface area contributed by atoms with E-state index >= 15 is 0 Å². The Bertz CT molecular complexity index is 800. The monoisotopic (exact) mass is 354 g/mol. The first-order valence-corrected chi connectivity index (χ1v) is 8.60. The average Bonchev–Trinajstić information content (AvgIpc) is 2.66. The number of benzene rings is 2. The molecule has 1 aliphatic heterocycles. The smallest absolute Gasteiger partial charge is 0.251 e. The van der Waals surface area contributed by atoms with Gasteiger partial charge in [-0.15, -0.1) is 0 Å². The van der Waals surface area contributed by atoms with E-state index < -0.39 is 0 Å². The van der Waals surface area contributed by atoms with Gasteiger partial charge in [0.1, 0.15) is 13.2 Å². The van der Waals surface area contributed by atoms with Crippen LogP contribution in [0, 0.1) is 5.92 Å². The van der Waals surface area contributed by atoms with Gasteiger partial charge in [0.15, 0.2) is 11.5 Å². The number of rotatable bonds is 5. The van der Waals surface area contributed by atoms with Crippen molar-refractivity contribution in [2.45, 2.75) is 20.4 Å². The molecule has 1 heterocycles. The van der Waals surface area contributed by atoms with E-state index in [0.29, 0.717) is 36.8 Å². The minimum absolute atomic E-state index is 0.0235. The van der Waals surface area contributed by atoms with Crippen LogP contribution in [0.25, 0.3) is 0 Å². The summed E-state index contributed by atoms with van der Waals surface area (Å²) in [5.41, 5.74) is 2.21. The van der Waals surface area contributed by atoms with Crippen LogP contribution in [0.2, 0.25) is 0 Å². The van der Waals surface area contributed by atoms with Crippen molar-refractivity contribution in [2.75, 3.05) is 18.5 Å². The Hall–Kier alpha value is -3.02. The van der Waals surface area contributed by atoms with Crippen molar-refractivity contribution < 1.29 is 19.1 Å². The van der Waals surface area contributed by atoms with E-state index in [2.05, 4.69) is 10.6 Å². The highest BCUT2D eigenvalue weighted by Crippen LogP contribution is 2.30. The van der Waals surface area contributed by atoms with Gasteiger partial charge < -0.3 is 20.1 Å². The molecule has 3 rings (SSSR count). The summed E-state index contributed by atoms with van der Waals surface area (Å²) in [6.45, 7) is 5.09. The van der Waals surface area contributed by atoms with Gasteiger partial charge in [0.05, 0.1) is 0 Å². The number of ether oxygens (including phenoxy) is 2. The fourth-order valence-corrected chi connectivity index (χ4v) is 2.46. The van der Waals surface area contributed by atoms with Gasteiger partial charge in [-0.3, -0.25) is 9.59 Å². The molecule has 0 fully saturated rings. The molecular formula is C20H22N2O4. The molecule has 6 heteroatoms. The summed E-state index contributed by atoms with van der Waals surface area (Å²) < 4.78 is 11.0. The summed E-state index contributed by atoms with van der Waals surface area (Å²) in [6, 6.07) is 12.6. The molecule has 0 saturated carbocycles. The lowest BCUT2D eigenvalue weighted by atomic mass is 10.1. The molecule has 0 atom stereocenters. The van der Waals surface area contributed by atoms with Crippen molar-refractivity contribution in [3.05, 3.63) is 53.6 Å². The molecule has 6 nitrogen and oxygen atoms in total. The molecule has 0 bridgehead atoms. The fourth-order valence-electron chi connectivity index (χ4n) is 2.46. The zero-order valence-electron chi connectivity index (χ0n) is 14.9. The van der Waals surface area contributed by atoms with Crippen molar-refractivity contribution >= 4 is 17.5 Å². The molecule has 0 unspecified atom stereocenters. The van der Waals surface area contributed by atoms with Crippen LogP contribution in [0.5, 0.6) is 11.5 Å². The summed E-state index contributed by atoms with van der Waals surface area (Å²) in [7, 11) is 0. The summed E-state index contributed by atoms with van der Waals surface area (Å²) in [6.07, 6.45) is 0. The molecule has 136 valence electrons. The zero-order valence-corrected chi connectivity index (χ0v) is 14.9. The highest BCUT2D eigenvalue weighted by Gasteiger charge is 2.14. The molecule has 2 N–H and O–H groups in total. The molecule has 0 saturated heterocycles. The second-order valence-corrected chi connectivity index (χ2v) is 6.38. The van der Waals surface area contributed by atoms with Gasteiger partial charge in [0.25, 0.3) is 5.91 Å². The van der Waals surface area contributed by atoms with Crippen molar-refractivity contribution in [1.29, 1.82) is 0 Å². The van der Waals surface area contributed by atoms with Crippen LogP contribution < -0.4 is 20.1 Å². The van der Waals surface area contributed by atoms with Crippen LogP contribution in [0.1, 0.15) is 29.8 Å². The summed E-state index contributed by atoms with van der Waals surface area (Å²) >= 11 is 0. The second kappa shape index (κ2) is 7.91. The largest absolute Gasteiger partial charge is 0.486 e. The number of hydrogen-bond acceptors (Lipinski definition) is 4. The maximum atomic E-state index is 12.3. The number of fused-ring (bicyclic) bond motifs is 1. The molecule has 26 heavy (non-hydrogen) atoms. The molecule has 2 amide bonds. The third-order valence-corrected chi connectivity index (χ3v) is 4.00. The molecule has 0 aromatic heterocycles. The predicted octanol–water partition coefficient (Wildman–Crippen LogP) is 2.98. The SMILES string of the molecule is CC(C)C(=O)Nc1ccc(CNC(=O)c2ccc3c(c2)OCCO3)cc1. The van der Waals surface area contributed by atoms with Gasteiger partial charge in [-0.1, -0.05) is 26.0 Å².